The molecule has 166 valence electrons. The average Bonchev–Trinajstić information content (AvgIpc) is 3.05. The number of benzene rings is 3. The number of aliphatic hydroxyl groups is 1. The number of hydrogen-bond acceptors (Lipinski definition) is 5. The van der Waals surface area contributed by atoms with E-state index in [4.69, 9.17) is 0 Å². The first kappa shape index (κ1) is 21.9. The minimum absolute atomic E-state index is 0.00911. The highest BCUT2D eigenvalue weighted by atomic mass is 19.1. The minimum atomic E-state index is -0.922. The van der Waals surface area contributed by atoms with E-state index in [0.29, 0.717) is 11.1 Å². The highest BCUT2D eigenvalue weighted by Crippen LogP contribution is 2.40. The van der Waals surface area contributed by atoms with E-state index < -0.39 is 34.2 Å². The van der Waals surface area contributed by atoms with Gasteiger partial charge in [0.2, 0.25) is 0 Å². The molecule has 0 aromatic heterocycles. The number of carbonyl (C=O) groups is 2. The van der Waals surface area contributed by atoms with Gasteiger partial charge in [0.05, 0.1) is 16.5 Å². The molecule has 1 fully saturated rings. The Morgan fingerprint density at radius 1 is 1.06 bits per heavy atom. The first-order valence-electron chi connectivity index (χ1n) is 10.1. The van der Waals surface area contributed by atoms with E-state index >= 15 is 0 Å². The molecule has 3 aromatic carbocycles. The number of nitro groups is 1. The van der Waals surface area contributed by atoms with Crippen molar-refractivity contribution in [2.24, 2.45) is 0 Å². The number of aryl methyl sites for hydroxylation is 1. The van der Waals surface area contributed by atoms with Gasteiger partial charge in [-0.2, -0.15) is 0 Å². The molecule has 0 spiro atoms. The van der Waals surface area contributed by atoms with Gasteiger partial charge < -0.3 is 10.0 Å². The number of nitrogens with zero attached hydrogens (tertiary/aromatic N) is 2. The zero-order valence-electron chi connectivity index (χ0n) is 17.6. The van der Waals surface area contributed by atoms with Crippen LogP contribution in [-0.4, -0.2) is 26.6 Å². The van der Waals surface area contributed by atoms with E-state index in [2.05, 4.69) is 0 Å². The standard InChI is InChI=1S/C25H19FN2O5/c1-15-4-2-5-17(12-15)22-21(23(29)18-6-3-7-20(13-18)28(32)33)24(30)25(31)27(22)14-16-8-10-19(26)11-9-16/h2-13,22,29H,14H2,1H3/b23-21-. The molecule has 0 saturated carbocycles. The molecule has 1 atom stereocenters. The van der Waals surface area contributed by atoms with Crippen molar-refractivity contribution in [3.8, 4) is 0 Å². The Morgan fingerprint density at radius 3 is 2.42 bits per heavy atom. The van der Waals surface area contributed by atoms with E-state index in [9.17, 15) is 29.2 Å². The third-order valence-electron chi connectivity index (χ3n) is 5.49. The summed E-state index contributed by atoms with van der Waals surface area (Å²) in [6, 6.07) is 17.0. The Morgan fingerprint density at radius 2 is 1.76 bits per heavy atom. The molecule has 1 aliphatic heterocycles. The predicted molar refractivity (Wildman–Crippen MR) is 119 cm³/mol. The van der Waals surface area contributed by atoms with Crippen molar-refractivity contribution in [1.29, 1.82) is 0 Å². The second kappa shape index (κ2) is 8.66. The van der Waals surface area contributed by atoms with Crippen LogP contribution in [0, 0.1) is 22.9 Å². The molecule has 1 heterocycles. The Kier molecular flexibility index (Phi) is 5.74. The maximum atomic E-state index is 13.3. The predicted octanol–water partition coefficient (Wildman–Crippen LogP) is 4.66. The van der Waals surface area contributed by atoms with Crippen LogP contribution in [0.2, 0.25) is 0 Å². The molecule has 1 N–H and O–H groups in total. The van der Waals surface area contributed by atoms with Gasteiger partial charge in [-0.3, -0.25) is 19.7 Å². The highest BCUT2D eigenvalue weighted by molar-refractivity contribution is 6.46. The summed E-state index contributed by atoms with van der Waals surface area (Å²) in [6.07, 6.45) is 0. The Labute approximate surface area is 188 Å². The van der Waals surface area contributed by atoms with Crippen LogP contribution >= 0.6 is 0 Å². The van der Waals surface area contributed by atoms with Crippen molar-refractivity contribution in [3.63, 3.8) is 0 Å². The molecular formula is C25H19FN2O5. The zero-order valence-corrected chi connectivity index (χ0v) is 17.6. The SMILES string of the molecule is Cc1cccc(C2/C(=C(/O)c3cccc([N+](=O)[O-])c3)C(=O)C(=O)N2Cc2ccc(F)cc2)c1. The lowest BCUT2D eigenvalue weighted by Crippen LogP contribution is -2.29. The molecule has 33 heavy (non-hydrogen) atoms. The van der Waals surface area contributed by atoms with Gasteiger partial charge in [-0.1, -0.05) is 54.1 Å². The van der Waals surface area contributed by atoms with Gasteiger partial charge in [0.15, 0.2) is 0 Å². The van der Waals surface area contributed by atoms with Crippen molar-refractivity contribution in [1.82, 2.24) is 4.90 Å². The van der Waals surface area contributed by atoms with Crippen molar-refractivity contribution in [2.45, 2.75) is 19.5 Å². The summed E-state index contributed by atoms with van der Waals surface area (Å²) >= 11 is 0. The molecule has 1 unspecified atom stereocenters. The molecule has 1 amide bonds. The monoisotopic (exact) mass is 446 g/mol. The lowest BCUT2D eigenvalue weighted by Gasteiger charge is -2.25. The molecule has 4 rings (SSSR count). The van der Waals surface area contributed by atoms with Crippen LogP contribution in [0.4, 0.5) is 10.1 Å². The summed E-state index contributed by atoms with van der Waals surface area (Å²) in [5.74, 6) is -2.64. The summed E-state index contributed by atoms with van der Waals surface area (Å²) < 4.78 is 13.3. The first-order chi connectivity index (χ1) is 15.8. The van der Waals surface area contributed by atoms with Crippen LogP contribution in [0.5, 0.6) is 0 Å². The highest BCUT2D eigenvalue weighted by Gasteiger charge is 2.46. The van der Waals surface area contributed by atoms with Crippen molar-refractivity contribution in [2.75, 3.05) is 0 Å². The number of hydrogen-bond donors (Lipinski definition) is 1. The van der Waals surface area contributed by atoms with Crippen molar-refractivity contribution in [3.05, 3.63) is 117 Å². The normalized spacial score (nSPS) is 17.4. The molecule has 8 heteroatoms. The van der Waals surface area contributed by atoms with E-state index in [1.165, 1.54) is 47.4 Å². The van der Waals surface area contributed by atoms with Crippen LogP contribution in [0.3, 0.4) is 0 Å². The summed E-state index contributed by atoms with van der Waals surface area (Å²) in [6.45, 7) is 1.87. The summed E-state index contributed by atoms with van der Waals surface area (Å²) in [5, 5.41) is 22.2. The topological polar surface area (TPSA) is 101 Å². The number of nitro benzene ring substituents is 1. The van der Waals surface area contributed by atoms with Crippen LogP contribution < -0.4 is 0 Å². The van der Waals surface area contributed by atoms with Crippen LogP contribution in [0.15, 0.2) is 78.4 Å². The van der Waals surface area contributed by atoms with Gasteiger partial charge in [-0.05, 0) is 30.2 Å². The Bertz CT molecular complexity index is 1300. The zero-order chi connectivity index (χ0) is 23.7. The van der Waals surface area contributed by atoms with E-state index in [1.54, 1.807) is 18.2 Å². The molecule has 0 radical (unpaired) electrons. The number of amides is 1. The molecule has 1 saturated heterocycles. The number of halogens is 1. The fraction of sp³-hybridized carbons (Fsp3) is 0.120. The molecule has 3 aromatic rings. The third kappa shape index (κ3) is 4.23. The molecule has 1 aliphatic rings. The average molecular weight is 446 g/mol. The Balaban J connectivity index is 1.87. The van der Waals surface area contributed by atoms with E-state index in [0.717, 1.165) is 11.6 Å². The van der Waals surface area contributed by atoms with Gasteiger partial charge in [-0.25, -0.2) is 4.39 Å². The third-order valence-corrected chi connectivity index (χ3v) is 5.49. The van der Waals surface area contributed by atoms with Gasteiger partial charge in [0.25, 0.3) is 17.4 Å². The number of aliphatic hydroxyl groups excluding tert-OH is 1. The van der Waals surface area contributed by atoms with Crippen molar-refractivity contribution >= 4 is 23.1 Å². The van der Waals surface area contributed by atoms with Gasteiger partial charge in [0, 0.05) is 24.2 Å². The molecule has 7 nitrogen and oxygen atoms in total. The van der Waals surface area contributed by atoms with E-state index in [-0.39, 0.29) is 23.4 Å². The quantitative estimate of drug-likeness (QED) is 0.202. The fourth-order valence-electron chi connectivity index (χ4n) is 3.94. The number of likely N-dealkylation sites (tertiary alicyclic amines) is 1. The second-order valence-electron chi connectivity index (χ2n) is 7.78. The van der Waals surface area contributed by atoms with Crippen LogP contribution in [-0.2, 0) is 16.1 Å². The number of ketones is 1. The fourth-order valence-corrected chi connectivity index (χ4v) is 3.94. The maximum Gasteiger partial charge on any atom is 0.295 e. The number of carbonyl (C=O) groups excluding carboxylic acids is 2. The maximum absolute atomic E-state index is 13.3. The van der Waals surface area contributed by atoms with Crippen LogP contribution in [0.25, 0.3) is 5.76 Å². The molecule has 0 bridgehead atoms. The molecular weight excluding hydrogens is 427 g/mol. The molecule has 0 aliphatic carbocycles. The van der Waals surface area contributed by atoms with Gasteiger partial charge in [-0.15, -0.1) is 0 Å². The summed E-state index contributed by atoms with van der Waals surface area (Å²) in [7, 11) is 0. The van der Waals surface area contributed by atoms with Crippen molar-refractivity contribution < 1.29 is 24.0 Å². The van der Waals surface area contributed by atoms with Crippen LogP contribution in [0.1, 0.15) is 28.3 Å². The lowest BCUT2D eigenvalue weighted by molar-refractivity contribution is -0.384. The number of Topliss-reactive ketones (excluding diaryl/α,β-unsaturated/α-hetero) is 1. The second-order valence-corrected chi connectivity index (χ2v) is 7.78. The first-order valence-corrected chi connectivity index (χ1v) is 10.1. The number of non-ortho nitro benzene ring substituents is 1. The smallest absolute Gasteiger partial charge is 0.295 e. The van der Waals surface area contributed by atoms with E-state index in [1.807, 2.05) is 13.0 Å². The summed E-state index contributed by atoms with van der Waals surface area (Å²) in [5.41, 5.74) is 1.73. The number of rotatable bonds is 5. The minimum Gasteiger partial charge on any atom is -0.507 e. The summed E-state index contributed by atoms with van der Waals surface area (Å²) in [4.78, 5) is 37.9. The largest absolute Gasteiger partial charge is 0.507 e. The Hall–Kier alpha value is -4.33. The lowest BCUT2D eigenvalue weighted by atomic mass is 9.94. The van der Waals surface area contributed by atoms with Gasteiger partial charge in [0.1, 0.15) is 11.6 Å². The van der Waals surface area contributed by atoms with Gasteiger partial charge >= 0.3 is 0 Å².